The number of fused-ring (bicyclic) bond motifs is 1. The number of hydrogen-bond acceptors (Lipinski definition) is 4. The summed E-state index contributed by atoms with van der Waals surface area (Å²) in [5.41, 5.74) is 3.10. The molecule has 1 aromatic heterocycles. The summed E-state index contributed by atoms with van der Waals surface area (Å²) in [6, 6.07) is 12.4. The van der Waals surface area contributed by atoms with Crippen LogP contribution < -0.4 is 0 Å². The molecule has 0 fully saturated rings. The molecule has 120 valence electrons. The van der Waals surface area contributed by atoms with Crippen molar-refractivity contribution in [1.29, 1.82) is 0 Å². The van der Waals surface area contributed by atoms with Gasteiger partial charge in [-0.2, -0.15) is 0 Å². The van der Waals surface area contributed by atoms with Crippen molar-refractivity contribution in [2.24, 2.45) is 0 Å². The Morgan fingerprint density at radius 1 is 1.04 bits per heavy atom. The van der Waals surface area contributed by atoms with Crippen LogP contribution in [0.4, 0.5) is 0 Å². The highest BCUT2D eigenvalue weighted by molar-refractivity contribution is 8.13. The lowest BCUT2D eigenvalue weighted by Gasteiger charge is -2.18. The third-order valence-corrected chi connectivity index (χ3v) is 4.99. The molecule has 23 heavy (non-hydrogen) atoms. The van der Waals surface area contributed by atoms with Crippen LogP contribution >= 0.6 is 10.7 Å². The van der Waals surface area contributed by atoms with Crippen molar-refractivity contribution in [3.63, 3.8) is 0 Å². The Morgan fingerprint density at radius 3 is 2.26 bits per heavy atom. The summed E-state index contributed by atoms with van der Waals surface area (Å²) >= 11 is 0. The van der Waals surface area contributed by atoms with Crippen molar-refractivity contribution >= 4 is 30.8 Å². The van der Waals surface area contributed by atoms with E-state index in [1.54, 1.807) is 6.07 Å². The van der Waals surface area contributed by atoms with E-state index in [1.807, 2.05) is 24.3 Å². The average Bonchev–Trinajstić information content (AvgIpc) is 2.88. The third-order valence-electron chi connectivity index (χ3n) is 3.64. The summed E-state index contributed by atoms with van der Waals surface area (Å²) in [5, 5.41) is 0. The molecule has 0 amide bonds. The molecular weight excluding hydrogens is 334 g/mol. The molecule has 0 aliphatic carbocycles. The molecular formula is C17H16ClNO3S. The van der Waals surface area contributed by atoms with E-state index in [0.29, 0.717) is 17.0 Å². The van der Waals surface area contributed by atoms with Crippen molar-refractivity contribution in [3.8, 4) is 11.5 Å². The lowest BCUT2D eigenvalue weighted by Crippen LogP contribution is -2.10. The summed E-state index contributed by atoms with van der Waals surface area (Å²) in [6.07, 6.45) is 0. The number of aromatic nitrogens is 1. The summed E-state index contributed by atoms with van der Waals surface area (Å²) in [4.78, 5) is 4.39. The monoisotopic (exact) mass is 349 g/mol. The molecule has 0 atom stereocenters. The summed E-state index contributed by atoms with van der Waals surface area (Å²) in [6.45, 7) is 6.45. The summed E-state index contributed by atoms with van der Waals surface area (Å²) in [5.74, 6) is 0.449. The zero-order valence-electron chi connectivity index (χ0n) is 13.0. The average molecular weight is 350 g/mol. The Balaban J connectivity index is 2.04. The number of oxazole rings is 1. The van der Waals surface area contributed by atoms with E-state index in [4.69, 9.17) is 15.1 Å². The molecule has 0 spiro atoms. The van der Waals surface area contributed by atoms with E-state index in [-0.39, 0.29) is 10.3 Å². The van der Waals surface area contributed by atoms with Crippen LogP contribution in [0.3, 0.4) is 0 Å². The van der Waals surface area contributed by atoms with Crippen LogP contribution in [0, 0.1) is 0 Å². The lowest BCUT2D eigenvalue weighted by atomic mass is 9.87. The molecule has 2 aromatic carbocycles. The fourth-order valence-electron chi connectivity index (χ4n) is 2.29. The van der Waals surface area contributed by atoms with Gasteiger partial charge in [-0.15, -0.1) is 0 Å². The van der Waals surface area contributed by atoms with Crippen LogP contribution in [0.2, 0.25) is 0 Å². The van der Waals surface area contributed by atoms with Crippen LogP contribution in [0.15, 0.2) is 51.8 Å². The van der Waals surface area contributed by atoms with E-state index < -0.39 is 9.05 Å². The highest BCUT2D eigenvalue weighted by atomic mass is 35.7. The van der Waals surface area contributed by atoms with Gasteiger partial charge < -0.3 is 4.42 Å². The summed E-state index contributed by atoms with van der Waals surface area (Å²) < 4.78 is 28.5. The minimum Gasteiger partial charge on any atom is -0.436 e. The van der Waals surface area contributed by atoms with Gasteiger partial charge in [-0.1, -0.05) is 32.9 Å². The van der Waals surface area contributed by atoms with Gasteiger partial charge in [0.1, 0.15) is 5.52 Å². The second-order valence-electron chi connectivity index (χ2n) is 6.41. The van der Waals surface area contributed by atoms with Gasteiger partial charge in [-0.3, -0.25) is 0 Å². The normalized spacial score (nSPS) is 12.7. The van der Waals surface area contributed by atoms with Crippen molar-refractivity contribution in [3.05, 3.63) is 48.0 Å². The summed E-state index contributed by atoms with van der Waals surface area (Å²) in [7, 11) is 1.57. The van der Waals surface area contributed by atoms with Crippen LogP contribution in [-0.4, -0.2) is 13.4 Å². The van der Waals surface area contributed by atoms with Gasteiger partial charge in [0, 0.05) is 22.3 Å². The van der Waals surface area contributed by atoms with Gasteiger partial charge in [0.15, 0.2) is 5.58 Å². The number of halogens is 1. The first-order chi connectivity index (χ1) is 10.6. The number of nitrogens with zero attached hydrogens (tertiary/aromatic N) is 1. The van der Waals surface area contributed by atoms with E-state index in [1.165, 1.54) is 17.7 Å². The van der Waals surface area contributed by atoms with Crippen LogP contribution in [0.25, 0.3) is 22.6 Å². The van der Waals surface area contributed by atoms with E-state index in [0.717, 1.165) is 5.56 Å². The van der Waals surface area contributed by atoms with Crippen LogP contribution in [0.1, 0.15) is 26.3 Å². The molecule has 0 saturated carbocycles. The molecule has 0 aliphatic rings. The van der Waals surface area contributed by atoms with Gasteiger partial charge in [0.2, 0.25) is 5.89 Å². The molecule has 3 rings (SSSR count). The van der Waals surface area contributed by atoms with E-state index in [9.17, 15) is 8.42 Å². The van der Waals surface area contributed by atoms with Gasteiger partial charge in [0.05, 0.1) is 4.90 Å². The topological polar surface area (TPSA) is 60.2 Å². The molecule has 0 unspecified atom stereocenters. The second-order valence-corrected chi connectivity index (χ2v) is 8.98. The van der Waals surface area contributed by atoms with Crippen LogP contribution in [0.5, 0.6) is 0 Å². The third kappa shape index (κ3) is 3.26. The Morgan fingerprint density at radius 2 is 1.70 bits per heavy atom. The van der Waals surface area contributed by atoms with E-state index in [2.05, 4.69) is 25.8 Å². The standard InChI is InChI=1S/C17H16ClNO3S/c1-17(2,3)12-6-4-11(5-7-12)16-19-14-9-8-13(23(18,20)21)10-15(14)22-16/h4-10H,1-3H3. The quantitative estimate of drug-likeness (QED) is 0.628. The Bertz CT molecular complexity index is 967. The highest BCUT2D eigenvalue weighted by Crippen LogP contribution is 2.29. The zero-order chi connectivity index (χ0) is 16.8. The zero-order valence-corrected chi connectivity index (χ0v) is 14.6. The molecule has 3 aromatic rings. The minimum atomic E-state index is -3.79. The number of rotatable bonds is 2. The minimum absolute atomic E-state index is 0.00236. The van der Waals surface area contributed by atoms with Crippen molar-refractivity contribution in [2.45, 2.75) is 31.1 Å². The number of benzene rings is 2. The van der Waals surface area contributed by atoms with Crippen molar-refractivity contribution in [1.82, 2.24) is 4.98 Å². The molecule has 6 heteroatoms. The molecule has 0 radical (unpaired) electrons. The molecule has 0 bridgehead atoms. The highest BCUT2D eigenvalue weighted by Gasteiger charge is 2.16. The molecule has 0 aliphatic heterocycles. The van der Waals surface area contributed by atoms with Gasteiger partial charge >= 0.3 is 0 Å². The van der Waals surface area contributed by atoms with Gasteiger partial charge in [0.25, 0.3) is 9.05 Å². The first-order valence-electron chi connectivity index (χ1n) is 7.11. The van der Waals surface area contributed by atoms with Gasteiger partial charge in [-0.05, 0) is 35.2 Å². The fourth-order valence-corrected chi connectivity index (χ4v) is 3.06. The van der Waals surface area contributed by atoms with Crippen molar-refractivity contribution in [2.75, 3.05) is 0 Å². The lowest BCUT2D eigenvalue weighted by molar-refractivity contribution is 0.589. The molecule has 4 nitrogen and oxygen atoms in total. The SMILES string of the molecule is CC(C)(C)c1ccc(-c2nc3ccc(S(=O)(=O)Cl)cc3o2)cc1. The Labute approximate surface area is 139 Å². The second kappa shape index (κ2) is 5.35. The maximum atomic E-state index is 11.4. The van der Waals surface area contributed by atoms with Crippen molar-refractivity contribution < 1.29 is 12.8 Å². The Kier molecular flexibility index (Phi) is 3.73. The Hall–Kier alpha value is -1.85. The predicted molar refractivity (Wildman–Crippen MR) is 91.2 cm³/mol. The smallest absolute Gasteiger partial charge is 0.261 e. The molecule has 0 saturated heterocycles. The predicted octanol–water partition coefficient (Wildman–Crippen LogP) is 4.72. The largest absolute Gasteiger partial charge is 0.436 e. The number of hydrogen-bond donors (Lipinski definition) is 0. The molecule has 1 heterocycles. The first kappa shape index (κ1) is 16.0. The first-order valence-corrected chi connectivity index (χ1v) is 9.42. The van der Waals surface area contributed by atoms with E-state index >= 15 is 0 Å². The maximum Gasteiger partial charge on any atom is 0.261 e. The fraction of sp³-hybridized carbons (Fsp3) is 0.235. The van der Waals surface area contributed by atoms with Crippen LogP contribution in [-0.2, 0) is 14.5 Å². The van der Waals surface area contributed by atoms with Gasteiger partial charge in [-0.25, -0.2) is 13.4 Å². The molecule has 0 N–H and O–H groups in total. The maximum absolute atomic E-state index is 11.4.